The molecule has 0 saturated carbocycles. The van der Waals surface area contributed by atoms with Gasteiger partial charge in [-0.3, -0.25) is 4.79 Å². The molecule has 29 heavy (non-hydrogen) atoms. The molecule has 3 aromatic rings. The Morgan fingerprint density at radius 2 is 1.59 bits per heavy atom. The quantitative estimate of drug-likeness (QED) is 0.610. The molecule has 8 heteroatoms. The largest absolute Gasteiger partial charge is 0.372 e. The van der Waals surface area contributed by atoms with Gasteiger partial charge in [0.15, 0.2) is 23.1 Å². The Balaban J connectivity index is 1.63. The Morgan fingerprint density at radius 3 is 2.17 bits per heavy atom. The van der Waals surface area contributed by atoms with E-state index in [1.165, 1.54) is 12.1 Å². The van der Waals surface area contributed by atoms with Gasteiger partial charge >= 0.3 is 0 Å². The molecule has 2 aromatic carbocycles. The molecular weight excluding hydrogens is 376 g/mol. The van der Waals surface area contributed by atoms with Crippen LogP contribution in [0.3, 0.4) is 0 Å². The van der Waals surface area contributed by atoms with Crippen molar-refractivity contribution in [3.05, 3.63) is 71.9 Å². The highest BCUT2D eigenvalue weighted by Gasteiger charge is 2.11. The molecule has 2 N–H and O–H groups in total. The number of carbonyl (C=O) groups is 1. The lowest BCUT2D eigenvalue weighted by Crippen LogP contribution is -2.21. The minimum Gasteiger partial charge on any atom is -0.372 e. The predicted octanol–water partition coefficient (Wildman–Crippen LogP) is 4.60. The summed E-state index contributed by atoms with van der Waals surface area (Å²) >= 11 is 0. The van der Waals surface area contributed by atoms with Crippen LogP contribution in [0.4, 0.5) is 31.7 Å². The van der Waals surface area contributed by atoms with Gasteiger partial charge < -0.3 is 15.5 Å². The molecule has 0 spiro atoms. The molecule has 3 rings (SSSR count). The lowest BCUT2D eigenvalue weighted by atomic mass is 10.2. The van der Waals surface area contributed by atoms with Crippen molar-refractivity contribution < 1.29 is 13.6 Å². The molecule has 0 aliphatic carbocycles. The maximum absolute atomic E-state index is 13.2. The summed E-state index contributed by atoms with van der Waals surface area (Å²) in [6.07, 6.45) is 0. The number of aromatic nitrogens is 2. The van der Waals surface area contributed by atoms with Crippen molar-refractivity contribution in [2.24, 2.45) is 0 Å². The summed E-state index contributed by atoms with van der Waals surface area (Å²) in [6.45, 7) is 6.08. The van der Waals surface area contributed by atoms with E-state index >= 15 is 0 Å². The van der Waals surface area contributed by atoms with Crippen LogP contribution in [-0.2, 0) is 0 Å². The summed E-state index contributed by atoms with van der Waals surface area (Å²) in [7, 11) is 0. The third-order valence-electron chi connectivity index (χ3n) is 4.34. The van der Waals surface area contributed by atoms with Crippen LogP contribution in [0, 0.1) is 11.6 Å². The highest BCUT2D eigenvalue weighted by Crippen LogP contribution is 2.20. The standard InChI is InChI=1S/C21H21F2N5O/c1-3-28(4-2)16-8-5-14(6-9-16)24-20-12-11-19(26-27-20)21(29)25-15-7-10-17(22)18(23)13-15/h5-13H,3-4H2,1-2H3,(H,24,27)(H,25,29). The summed E-state index contributed by atoms with van der Waals surface area (Å²) in [5.74, 6) is -2.12. The van der Waals surface area contributed by atoms with Crippen LogP contribution >= 0.6 is 0 Å². The molecule has 1 heterocycles. The number of benzene rings is 2. The first-order valence-electron chi connectivity index (χ1n) is 9.22. The number of carbonyl (C=O) groups excluding carboxylic acids is 1. The zero-order chi connectivity index (χ0) is 20.8. The van der Waals surface area contributed by atoms with Gasteiger partial charge in [0.2, 0.25) is 0 Å². The second-order valence-corrected chi connectivity index (χ2v) is 6.23. The van der Waals surface area contributed by atoms with Crippen LogP contribution in [0.1, 0.15) is 24.3 Å². The number of amides is 1. The van der Waals surface area contributed by atoms with E-state index in [0.717, 1.165) is 36.6 Å². The molecule has 1 aromatic heterocycles. The third-order valence-corrected chi connectivity index (χ3v) is 4.34. The van der Waals surface area contributed by atoms with Crippen LogP contribution in [0.25, 0.3) is 0 Å². The number of rotatable bonds is 7. The number of nitrogens with zero attached hydrogens (tertiary/aromatic N) is 3. The molecule has 0 aliphatic heterocycles. The van der Waals surface area contributed by atoms with Crippen LogP contribution in [0.15, 0.2) is 54.6 Å². The molecule has 0 bridgehead atoms. The first kappa shape index (κ1) is 20.2. The smallest absolute Gasteiger partial charge is 0.276 e. The number of halogens is 2. The molecule has 0 saturated heterocycles. The van der Waals surface area contributed by atoms with E-state index in [2.05, 4.69) is 39.6 Å². The van der Waals surface area contributed by atoms with Gasteiger partial charge in [-0.05, 0) is 62.4 Å². The Kier molecular flexibility index (Phi) is 6.33. The van der Waals surface area contributed by atoms with Crippen molar-refractivity contribution in [3.8, 4) is 0 Å². The second kappa shape index (κ2) is 9.09. The summed E-state index contributed by atoms with van der Waals surface area (Å²) < 4.78 is 26.2. The normalized spacial score (nSPS) is 10.5. The van der Waals surface area contributed by atoms with Crippen LogP contribution in [-0.4, -0.2) is 29.2 Å². The molecule has 150 valence electrons. The fourth-order valence-corrected chi connectivity index (χ4v) is 2.78. The zero-order valence-electron chi connectivity index (χ0n) is 16.1. The SMILES string of the molecule is CCN(CC)c1ccc(Nc2ccc(C(=O)Nc3ccc(F)c(F)c3)nn2)cc1. The van der Waals surface area contributed by atoms with E-state index in [0.29, 0.717) is 5.82 Å². The summed E-state index contributed by atoms with van der Waals surface area (Å²) in [5.41, 5.74) is 2.16. The number of nitrogens with one attached hydrogen (secondary N) is 2. The summed E-state index contributed by atoms with van der Waals surface area (Å²) in [4.78, 5) is 14.4. The first-order valence-corrected chi connectivity index (χ1v) is 9.22. The van der Waals surface area contributed by atoms with Crippen molar-refractivity contribution in [3.63, 3.8) is 0 Å². The van der Waals surface area contributed by atoms with Crippen molar-refractivity contribution in [2.75, 3.05) is 28.6 Å². The van der Waals surface area contributed by atoms with Gasteiger partial charge in [0.05, 0.1) is 0 Å². The minimum absolute atomic E-state index is 0.0529. The van der Waals surface area contributed by atoms with E-state index in [4.69, 9.17) is 0 Å². The van der Waals surface area contributed by atoms with E-state index in [-0.39, 0.29) is 11.4 Å². The number of anilines is 4. The van der Waals surface area contributed by atoms with Gasteiger partial charge in [-0.15, -0.1) is 10.2 Å². The van der Waals surface area contributed by atoms with Crippen molar-refractivity contribution in [2.45, 2.75) is 13.8 Å². The molecule has 0 fully saturated rings. The van der Waals surface area contributed by atoms with E-state index in [9.17, 15) is 13.6 Å². The van der Waals surface area contributed by atoms with Gasteiger partial charge in [-0.25, -0.2) is 8.78 Å². The Morgan fingerprint density at radius 1 is 0.897 bits per heavy atom. The zero-order valence-corrected chi connectivity index (χ0v) is 16.1. The average molecular weight is 397 g/mol. The van der Waals surface area contributed by atoms with Gasteiger partial charge in [0.25, 0.3) is 5.91 Å². The maximum atomic E-state index is 13.2. The van der Waals surface area contributed by atoms with Gasteiger partial charge in [-0.2, -0.15) is 0 Å². The molecule has 1 amide bonds. The Bertz CT molecular complexity index is 973. The molecule has 0 aliphatic rings. The average Bonchev–Trinajstić information content (AvgIpc) is 2.73. The first-order chi connectivity index (χ1) is 14.0. The van der Waals surface area contributed by atoms with Gasteiger partial charge in [0.1, 0.15) is 0 Å². The molecule has 6 nitrogen and oxygen atoms in total. The Hall–Kier alpha value is -3.55. The molecule has 0 unspecified atom stereocenters. The minimum atomic E-state index is -1.04. The monoisotopic (exact) mass is 397 g/mol. The Labute approximate surface area is 167 Å². The second-order valence-electron chi connectivity index (χ2n) is 6.23. The molecule has 0 atom stereocenters. The van der Waals surface area contributed by atoms with Gasteiger partial charge in [0, 0.05) is 36.2 Å². The predicted molar refractivity (Wildman–Crippen MR) is 110 cm³/mol. The van der Waals surface area contributed by atoms with Crippen molar-refractivity contribution in [1.29, 1.82) is 0 Å². The number of hydrogen-bond acceptors (Lipinski definition) is 5. The highest BCUT2D eigenvalue weighted by molar-refractivity contribution is 6.02. The highest BCUT2D eigenvalue weighted by atomic mass is 19.2. The fraction of sp³-hybridized carbons (Fsp3) is 0.190. The van der Waals surface area contributed by atoms with Gasteiger partial charge in [-0.1, -0.05) is 0 Å². The fourth-order valence-electron chi connectivity index (χ4n) is 2.78. The molecular formula is C21H21F2N5O. The topological polar surface area (TPSA) is 70.2 Å². The maximum Gasteiger partial charge on any atom is 0.276 e. The van der Waals surface area contributed by atoms with Crippen LogP contribution < -0.4 is 15.5 Å². The lowest BCUT2D eigenvalue weighted by molar-refractivity contribution is 0.102. The number of hydrogen-bond donors (Lipinski definition) is 2. The summed E-state index contributed by atoms with van der Waals surface area (Å²) in [5, 5.41) is 13.4. The van der Waals surface area contributed by atoms with E-state index in [1.54, 1.807) is 6.07 Å². The lowest BCUT2D eigenvalue weighted by Gasteiger charge is -2.21. The third kappa shape index (κ3) is 5.04. The van der Waals surface area contributed by atoms with Crippen LogP contribution in [0.2, 0.25) is 0 Å². The van der Waals surface area contributed by atoms with Crippen LogP contribution in [0.5, 0.6) is 0 Å². The van der Waals surface area contributed by atoms with E-state index in [1.807, 2.05) is 24.3 Å². The summed E-state index contributed by atoms with van der Waals surface area (Å²) in [6, 6.07) is 14.1. The van der Waals surface area contributed by atoms with E-state index < -0.39 is 17.5 Å². The van der Waals surface area contributed by atoms with Crippen molar-refractivity contribution >= 4 is 28.8 Å². The molecule has 0 radical (unpaired) electrons. The van der Waals surface area contributed by atoms with Crippen molar-refractivity contribution in [1.82, 2.24) is 10.2 Å².